The molecule has 0 rings (SSSR count). The van der Waals surface area contributed by atoms with Gasteiger partial charge in [0, 0.05) is 4.75 Å². The van der Waals surface area contributed by atoms with E-state index in [-0.39, 0.29) is 22.0 Å². The van der Waals surface area contributed by atoms with E-state index in [1.165, 1.54) is 6.92 Å². The van der Waals surface area contributed by atoms with Crippen molar-refractivity contribution in [2.75, 3.05) is 17.8 Å². The minimum absolute atomic E-state index is 0.0279. The van der Waals surface area contributed by atoms with Crippen LogP contribution in [0.15, 0.2) is 0 Å². The van der Waals surface area contributed by atoms with Crippen molar-refractivity contribution in [1.29, 1.82) is 0 Å². The van der Waals surface area contributed by atoms with Crippen molar-refractivity contribution in [2.45, 2.75) is 52.2 Å². The fourth-order valence-corrected chi connectivity index (χ4v) is 6.28. The number of carbonyl (C=O) groups excluding carboxylic acids is 1. The summed E-state index contributed by atoms with van der Waals surface area (Å²) in [7, 11) is -5.53. The molecule has 0 aliphatic carbocycles. The van der Waals surface area contributed by atoms with Gasteiger partial charge < -0.3 is 0 Å². The van der Waals surface area contributed by atoms with Gasteiger partial charge in [-0.3, -0.25) is 4.79 Å². The van der Waals surface area contributed by atoms with Crippen LogP contribution in [0.3, 0.4) is 0 Å². The third-order valence-corrected chi connectivity index (χ3v) is 9.14. The molecular formula is C12H26O4S2. The van der Waals surface area contributed by atoms with Crippen LogP contribution in [-0.4, -0.2) is 36.7 Å². The Labute approximate surface area is 113 Å². The zero-order chi connectivity index (χ0) is 14.6. The van der Waals surface area contributed by atoms with Gasteiger partial charge in [0.25, 0.3) is 10.1 Å². The minimum atomic E-state index is -3.55. The molecule has 0 radical (unpaired) electrons. The molecule has 6 heteroatoms. The van der Waals surface area contributed by atoms with Gasteiger partial charge in [-0.1, -0.05) is 34.1 Å². The maximum Gasteiger partial charge on any atom is 0.276 e. The van der Waals surface area contributed by atoms with Crippen LogP contribution >= 0.6 is 10.3 Å². The van der Waals surface area contributed by atoms with Crippen molar-refractivity contribution in [2.24, 2.45) is 0 Å². The summed E-state index contributed by atoms with van der Waals surface area (Å²) in [4.78, 5) is 11.4. The number of unbranched alkanes of at least 4 members (excludes halogenated alkanes) is 1. The third-order valence-electron chi connectivity index (χ3n) is 2.78. The summed E-state index contributed by atoms with van der Waals surface area (Å²) in [5.41, 5.74) is 0. The molecule has 0 aromatic rings. The van der Waals surface area contributed by atoms with Gasteiger partial charge in [0.2, 0.25) is 0 Å². The lowest BCUT2D eigenvalue weighted by Crippen LogP contribution is -2.33. The fraction of sp³-hybridized carbons (Fsp3) is 0.917. The quantitative estimate of drug-likeness (QED) is 0.725. The van der Waals surface area contributed by atoms with Gasteiger partial charge in [-0.05, 0) is 19.6 Å². The van der Waals surface area contributed by atoms with Crippen LogP contribution in [0.4, 0.5) is 0 Å². The number of ketones is 1. The molecule has 0 saturated heterocycles. The number of hydrogen-bond donors (Lipinski definition) is 0. The number of carbonyl (C=O) groups is 1. The molecule has 18 heavy (non-hydrogen) atoms. The predicted molar refractivity (Wildman–Crippen MR) is 78.6 cm³/mol. The topological polar surface area (TPSA) is 60.4 Å². The Kier molecular flexibility index (Phi) is 6.36. The van der Waals surface area contributed by atoms with Crippen molar-refractivity contribution in [3.8, 4) is 0 Å². The number of hydrogen-bond acceptors (Lipinski definition) is 4. The summed E-state index contributed by atoms with van der Waals surface area (Å²) in [6.07, 6.45) is 3.16. The molecule has 0 aromatic carbocycles. The normalized spacial score (nSPS) is 18.1. The van der Waals surface area contributed by atoms with Crippen molar-refractivity contribution in [3.63, 3.8) is 0 Å². The lowest BCUT2D eigenvalue weighted by Gasteiger charge is -2.45. The molecule has 0 amide bonds. The van der Waals surface area contributed by atoms with Gasteiger partial charge >= 0.3 is 0 Å². The van der Waals surface area contributed by atoms with Crippen molar-refractivity contribution < 1.29 is 16.8 Å². The molecule has 0 heterocycles. The standard InChI is InChI=1S/C12H26O4S2/c1-7-8-9-18(14,15)16-17(6,10-11(2)13)12(3,4)5/h7-10H2,1-6H3. The van der Waals surface area contributed by atoms with Crippen molar-refractivity contribution in [1.82, 2.24) is 0 Å². The van der Waals surface area contributed by atoms with Gasteiger partial charge in [-0.25, -0.2) is 3.63 Å². The molecule has 1 unspecified atom stereocenters. The second kappa shape index (κ2) is 6.39. The zero-order valence-corrected chi connectivity index (χ0v) is 13.9. The molecule has 0 saturated carbocycles. The van der Waals surface area contributed by atoms with Gasteiger partial charge in [-0.15, -0.1) is 10.3 Å². The van der Waals surface area contributed by atoms with E-state index < -0.39 is 20.4 Å². The Morgan fingerprint density at radius 2 is 1.72 bits per heavy atom. The molecule has 0 N–H and O–H groups in total. The highest BCUT2D eigenvalue weighted by Gasteiger charge is 2.38. The van der Waals surface area contributed by atoms with Crippen LogP contribution in [0.25, 0.3) is 0 Å². The van der Waals surface area contributed by atoms with E-state index in [0.29, 0.717) is 6.42 Å². The van der Waals surface area contributed by atoms with Crippen LogP contribution in [0, 0.1) is 0 Å². The maximum atomic E-state index is 11.9. The molecule has 4 nitrogen and oxygen atoms in total. The average molecular weight is 298 g/mol. The Morgan fingerprint density at radius 3 is 2.06 bits per heavy atom. The first-order valence-electron chi connectivity index (χ1n) is 6.12. The van der Waals surface area contributed by atoms with Gasteiger partial charge in [-0.2, -0.15) is 8.42 Å². The molecular weight excluding hydrogens is 272 g/mol. The highest BCUT2D eigenvalue weighted by molar-refractivity contribution is 8.33. The first kappa shape index (κ1) is 17.9. The zero-order valence-electron chi connectivity index (χ0n) is 12.3. The Balaban J connectivity index is 5.08. The van der Waals surface area contributed by atoms with Crippen molar-refractivity contribution >= 4 is 26.2 Å². The summed E-state index contributed by atoms with van der Waals surface area (Å²) in [6, 6.07) is 0. The van der Waals surface area contributed by atoms with E-state index in [2.05, 4.69) is 0 Å². The Morgan fingerprint density at radius 1 is 1.22 bits per heavy atom. The van der Waals surface area contributed by atoms with Crippen molar-refractivity contribution in [3.05, 3.63) is 0 Å². The smallest absolute Gasteiger partial charge is 0.276 e. The third kappa shape index (κ3) is 5.71. The van der Waals surface area contributed by atoms with Crippen LogP contribution in [0.1, 0.15) is 47.5 Å². The summed E-state index contributed by atoms with van der Waals surface area (Å²) >= 11 is 0. The molecule has 110 valence electrons. The first-order chi connectivity index (χ1) is 7.93. The second-order valence-electron chi connectivity index (χ2n) is 5.65. The molecule has 1 atom stereocenters. The summed E-state index contributed by atoms with van der Waals surface area (Å²) in [5.74, 6) is 0.176. The van der Waals surface area contributed by atoms with Gasteiger partial charge in [0.1, 0.15) is 5.78 Å². The lowest BCUT2D eigenvalue weighted by atomic mass is 10.3. The molecule has 0 bridgehead atoms. The predicted octanol–water partition coefficient (Wildman–Crippen LogP) is 2.87. The SMILES string of the molecule is CCCCS(=O)(=O)OS(C)(CC(C)=O)C(C)(C)C. The van der Waals surface area contributed by atoms with Gasteiger partial charge in [0.05, 0.1) is 11.5 Å². The molecule has 0 spiro atoms. The lowest BCUT2D eigenvalue weighted by molar-refractivity contribution is -0.114. The number of Topliss-reactive ketones (excluding diaryl/α,β-unsaturated/α-hetero) is 1. The van der Waals surface area contributed by atoms with E-state index >= 15 is 0 Å². The fourth-order valence-electron chi connectivity index (χ4n) is 1.31. The summed E-state index contributed by atoms with van der Waals surface area (Å²) in [5, 5.41) is 0. The van der Waals surface area contributed by atoms with E-state index in [1.807, 2.05) is 27.7 Å². The van der Waals surface area contributed by atoms with Crippen LogP contribution in [0.2, 0.25) is 0 Å². The van der Waals surface area contributed by atoms with E-state index in [4.69, 9.17) is 3.63 Å². The summed E-state index contributed by atoms with van der Waals surface area (Å²) < 4.78 is 28.9. The maximum absolute atomic E-state index is 11.9. The van der Waals surface area contributed by atoms with Crippen LogP contribution in [-0.2, 0) is 18.5 Å². The summed E-state index contributed by atoms with van der Waals surface area (Å²) in [6.45, 7) is 9.15. The molecule has 0 aliphatic heterocycles. The molecule has 0 fully saturated rings. The molecule has 0 aromatic heterocycles. The average Bonchev–Trinajstić information content (AvgIpc) is 2.10. The molecule has 0 aliphatic rings. The highest BCUT2D eigenvalue weighted by atomic mass is 32.3. The largest absolute Gasteiger partial charge is 0.299 e. The number of rotatable bonds is 7. The van der Waals surface area contributed by atoms with E-state index in [0.717, 1.165) is 6.42 Å². The first-order valence-corrected chi connectivity index (χ1v) is 9.83. The van der Waals surface area contributed by atoms with Crippen LogP contribution in [0.5, 0.6) is 0 Å². The second-order valence-corrected chi connectivity index (χ2v) is 11.2. The monoisotopic (exact) mass is 298 g/mol. The van der Waals surface area contributed by atoms with Gasteiger partial charge in [0.15, 0.2) is 0 Å². The van der Waals surface area contributed by atoms with E-state index in [1.54, 1.807) is 6.26 Å². The Bertz CT molecular complexity index is 381. The van der Waals surface area contributed by atoms with Crippen LogP contribution < -0.4 is 0 Å². The van der Waals surface area contributed by atoms with E-state index in [9.17, 15) is 13.2 Å². The minimum Gasteiger partial charge on any atom is -0.299 e. The Hall–Kier alpha value is -0.0700. The highest BCUT2D eigenvalue weighted by Crippen LogP contribution is 2.58.